The molecule has 0 unspecified atom stereocenters. The first kappa shape index (κ1) is 7.94. The summed E-state index contributed by atoms with van der Waals surface area (Å²) in [5, 5.41) is 2.92. The largest absolute Gasteiger partial charge is 0.368 e. The van der Waals surface area contributed by atoms with Crippen LogP contribution in [0.5, 0.6) is 0 Å². The lowest BCUT2D eigenvalue weighted by molar-refractivity contribution is 1.20. The highest BCUT2D eigenvalue weighted by molar-refractivity contribution is 5.14. The molecule has 5 N–H and O–H groups in total. The molecule has 9 heavy (non-hydrogen) atoms. The summed E-state index contributed by atoms with van der Waals surface area (Å²) < 4.78 is 0. The van der Waals surface area contributed by atoms with Gasteiger partial charge in [-0.3, -0.25) is 11.7 Å². The van der Waals surface area contributed by atoms with E-state index in [0.29, 0.717) is 0 Å². The fourth-order valence-electron chi connectivity index (χ4n) is 0.406. The van der Waals surface area contributed by atoms with Gasteiger partial charge < -0.3 is 5.32 Å². The van der Waals surface area contributed by atoms with Crippen molar-refractivity contribution in [3.63, 3.8) is 0 Å². The van der Waals surface area contributed by atoms with Gasteiger partial charge in [0.1, 0.15) is 0 Å². The van der Waals surface area contributed by atoms with E-state index in [1.807, 2.05) is 36.7 Å². The van der Waals surface area contributed by atoms with Gasteiger partial charge >= 0.3 is 0 Å². The molecule has 0 aromatic heterocycles. The Kier molecular flexibility index (Phi) is 6.12. The first-order valence-electron chi connectivity index (χ1n) is 2.58. The van der Waals surface area contributed by atoms with Crippen LogP contribution in [0.4, 0.5) is 0 Å². The quantitative estimate of drug-likeness (QED) is 0.315. The molecule has 0 spiro atoms. The Morgan fingerprint density at radius 1 is 0.778 bits per heavy atom. The summed E-state index contributed by atoms with van der Waals surface area (Å²) in [5.74, 6) is 8.00. The first-order chi connectivity index (χ1) is 4.50. The van der Waals surface area contributed by atoms with Crippen molar-refractivity contribution < 1.29 is 0 Å². The van der Waals surface area contributed by atoms with Crippen molar-refractivity contribution in [1.82, 2.24) is 5.32 Å². The van der Waals surface area contributed by atoms with E-state index in [2.05, 4.69) is 17.0 Å². The van der Waals surface area contributed by atoms with E-state index in [1.165, 1.54) is 0 Å². The Balaban J connectivity index is 0.000000291. The second-order valence-electron chi connectivity index (χ2n) is 1.27. The van der Waals surface area contributed by atoms with Crippen LogP contribution in [0.25, 0.3) is 0 Å². The van der Waals surface area contributed by atoms with E-state index in [4.69, 9.17) is 0 Å². The minimum atomic E-state index is 1.88. The van der Waals surface area contributed by atoms with Crippen molar-refractivity contribution in [2.75, 3.05) is 0 Å². The molecule has 50 valence electrons. The standard InChI is InChI=1S/C6H7N.H4N2/c1-2-4-6-7-5-3-1;1-2/h1-7H;1-2H2. The van der Waals surface area contributed by atoms with E-state index in [0.717, 1.165) is 0 Å². The van der Waals surface area contributed by atoms with Gasteiger partial charge in [0, 0.05) is 12.4 Å². The highest BCUT2D eigenvalue weighted by atomic mass is 15.0. The van der Waals surface area contributed by atoms with Crippen LogP contribution in [0.2, 0.25) is 0 Å². The SMILES string of the molecule is C1=CC=CNC=C1.NN. The van der Waals surface area contributed by atoms with E-state index < -0.39 is 0 Å². The molecule has 0 atom stereocenters. The van der Waals surface area contributed by atoms with Crippen LogP contribution in [-0.4, -0.2) is 0 Å². The Bertz CT molecular complexity index is 110. The molecule has 1 heterocycles. The molecule has 3 nitrogen and oxygen atoms in total. The van der Waals surface area contributed by atoms with Crippen LogP contribution in [0, 0.1) is 0 Å². The molecule has 1 rings (SSSR count). The topological polar surface area (TPSA) is 64.1 Å². The Labute approximate surface area is 54.7 Å². The second-order valence-corrected chi connectivity index (χ2v) is 1.27. The van der Waals surface area contributed by atoms with E-state index >= 15 is 0 Å². The summed E-state index contributed by atoms with van der Waals surface area (Å²) in [5.41, 5.74) is 0. The summed E-state index contributed by atoms with van der Waals surface area (Å²) in [6.07, 6.45) is 11.6. The van der Waals surface area contributed by atoms with Crippen LogP contribution in [0.3, 0.4) is 0 Å². The van der Waals surface area contributed by atoms with Gasteiger partial charge in [-0.2, -0.15) is 0 Å². The molecule has 0 bridgehead atoms. The third kappa shape index (κ3) is 4.80. The molecule has 1 aliphatic rings. The summed E-state index contributed by atoms with van der Waals surface area (Å²) >= 11 is 0. The smallest absolute Gasteiger partial charge is 0.000442 e. The second kappa shape index (κ2) is 6.94. The number of hydrazine groups is 1. The zero-order valence-corrected chi connectivity index (χ0v) is 5.12. The van der Waals surface area contributed by atoms with Gasteiger partial charge in [0.05, 0.1) is 0 Å². The maximum Gasteiger partial charge on any atom is 0.000442 e. The van der Waals surface area contributed by atoms with Crippen LogP contribution < -0.4 is 17.0 Å². The number of hydrogen-bond acceptors (Lipinski definition) is 3. The van der Waals surface area contributed by atoms with Gasteiger partial charge in [0.25, 0.3) is 0 Å². The molecular weight excluding hydrogens is 114 g/mol. The average Bonchev–Trinajstić information content (AvgIpc) is 2.21. The summed E-state index contributed by atoms with van der Waals surface area (Å²) in [7, 11) is 0. The lowest BCUT2D eigenvalue weighted by Crippen LogP contribution is -2.02. The molecule has 0 fully saturated rings. The van der Waals surface area contributed by atoms with Gasteiger partial charge in [-0.15, -0.1) is 0 Å². The highest BCUT2D eigenvalue weighted by Crippen LogP contribution is 1.81. The minimum absolute atomic E-state index is 1.88. The third-order valence-corrected chi connectivity index (χ3v) is 0.718. The zero-order chi connectivity index (χ0) is 6.95. The predicted molar refractivity (Wildman–Crippen MR) is 38.9 cm³/mol. The normalized spacial score (nSPS) is 13.1. The molecule has 1 aliphatic heterocycles. The predicted octanol–water partition coefficient (Wildman–Crippen LogP) is -0.00800. The number of rotatable bonds is 0. The first-order valence-corrected chi connectivity index (χ1v) is 2.58. The van der Waals surface area contributed by atoms with Crippen LogP contribution in [-0.2, 0) is 0 Å². The number of allylic oxidation sites excluding steroid dienone is 4. The Morgan fingerprint density at radius 3 is 1.67 bits per heavy atom. The molecule has 0 aromatic carbocycles. The highest BCUT2D eigenvalue weighted by Gasteiger charge is 1.67. The fourth-order valence-corrected chi connectivity index (χ4v) is 0.406. The molecule has 0 saturated heterocycles. The lowest BCUT2D eigenvalue weighted by Gasteiger charge is -1.79. The molecular formula is C6H11N3. The van der Waals surface area contributed by atoms with E-state index in [1.54, 1.807) is 0 Å². The Hall–Kier alpha value is -1.06. The molecule has 0 aliphatic carbocycles. The number of hydrogen-bond donors (Lipinski definition) is 3. The summed E-state index contributed by atoms with van der Waals surface area (Å²) in [6, 6.07) is 0. The molecule has 3 heteroatoms. The maximum absolute atomic E-state index is 4.00. The van der Waals surface area contributed by atoms with E-state index in [9.17, 15) is 0 Å². The molecule has 0 aromatic rings. The van der Waals surface area contributed by atoms with Gasteiger partial charge in [-0.1, -0.05) is 12.2 Å². The fraction of sp³-hybridized carbons (Fsp3) is 0. The van der Waals surface area contributed by atoms with Crippen molar-refractivity contribution in [1.29, 1.82) is 0 Å². The Morgan fingerprint density at radius 2 is 1.22 bits per heavy atom. The minimum Gasteiger partial charge on any atom is -0.368 e. The van der Waals surface area contributed by atoms with Gasteiger partial charge in [0.15, 0.2) is 0 Å². The van der Waals surface area contributed by atoms with Crippen molar-refractivity contribution in [3.8, 4) is 0 Å². The number of nitrogens with two attached hydrogens (primary N) is 2. The zero-order valence-electron chi connectivity index (χ0n) is 5.12. The molecule has 0 radical (unpaired) electrons. The van der Waals surface area contributed by atoms with E-state index in [-0.39, 0.29) is 0 Å². The molecule has 0 amide bonds. The van der Waals surface area contributed by atoms with Crippen molar-refractivity contribution in [2.45, 2.75) is 0 Å². The van der Waals surface area contributed by atoms with Crippen LogP contribution in [0.15, 0.2) is 36.7 Å². The van der Waals surface area contributed by atoms with Gasteiger partial charge in [0.2, 0.25) is 0 Å². The van der Waals surface area contributed by atoms with Crippen molar-refractivity contribution in [3.05, 3.63) is 36.7 Å². The van der Waals surface area contributed by atoms with Crippen molar-refractivity contribution >= 4 is 0 Å². The van der Waals surface area contributed by atoms with Crippen LogP contribution >= 0.6 is 0 Å². The van der Waals surface area contributed by atoms with Gasteiger partial charge in [-0.05, 0) is 12.2 Å². The van der Waals surface area contributed by atoms with Crippen molar-refractivity contribution in [2.24, 2.45) is 11.7 Å². The van der Waals surface area contributed by atoms with Gasteiger partial charge in [-0.25, -0.2) is 0 Å². The molecule has 0 saturated carbocycles. The average molecular weight is 125 g/mol. The summed E-state index contributed by atoms with van der Waals surface area (Å²) in [6.45, 7) is 0. The number of nitrogens with one attached hydrogen (secondary N) is 1. The monoisotopic (exact) mass is 125 g/mol. The maximum atomic E-state index is 4.00. The lowest BCUT2D eigenvalue weighted by atomic mass is 10.5. The third-order valence-electron chi connectivity index (χ3n) is 0.718. The summed E-state index contributed by atoms with van der Waals surface area (Å²) in [4.78, 5) is 0. The van der Waals surface area contributed by atoms with Crippen LogP contribution in [0.1, 0.15) is 0 Å².